The van der Waals surface area contributed by atoms with E-state index in [-0.39, 0.29) is 5.60 Å². The SMILES string of the molecule is COC1(c2noc(-c3cc(C)sc3N)n2)CCCCC1. The van der Waals surface area contributed by atoms with Gasteiger partial charge in [-0.2, -0.15) is 4.98 Å². The fourth-order valence-electron chi connectivity index (χ4n) is 2.86. The van der Waals surface area contributed by atoms with Crippen molar-refractivity contribution in [1.82, 2.24) is 10.1 Å². The number of nitrogen functional groups attached to an aromatic ring is 1. The number of hydrogen-bond donors (Lipinski definition) is 1. The minimum atomic E-state index is -0.389. The van der Waals surface area contributed by atoms with Crippen LogP contribution in [0.2, 0.25) is 0 Å². The highest BCUT2D eigenvalue weighted by Gasteiger charge is 2.38. The van der Waals surface area contributed by atoms with Crippen LogP contribution in [0.25, 0.3) is 11.5 Å². The number of anilines is 1. The number of rotatable bonds is 3. The van der Waals surface area contributed by atoms with Crippen molar-refractivity contribution in [3.8, 4) is 11.5 Å². The molecule has 0 atom stereocenters. The highest BCUT2D eigenvalue weighted by atomic mass is 32.1. The minimum absolute atomic E-state index is 0.389. The lowest BCUT2D eigenvalue weighted by Crippen LogP contribution is -2.32. The molecule has 5 nitrogen and oxygen atoms in total. The highest BCUT2D eigenvalue weighted by Crippen LogP contribution is 2.40. The molecule has 6 heteroatoms. The molecule has 3 rings (SSSR count). The van der Waals surface area contributed by atoms with Crippen LogP contribution in [-0.2, 0) is 10.3 Å². The lowest BCUT2D eigenvalue weighted by atomic mass is 9.84. The second kappa shape index (κ2) is 5.18. The largest absolute Gasteiger partial charge is 0.390 e. The zero-order valence-electron chi connectivity index (χ0n) is 11.8. The van der Waals surface area contributed by atoms with Crippen LogP contribution in [0.5, 0.6) is 0 Å². The fraction of sp³-hybridized carbons (Fsp3) is 0.571. The maximum atomic E-state index is 5.99. The van der Waals surface area contributed by atoms with Crippen molar-refractivity contribution >= 4 is 16.3 Å². The molecule has 0 saturated heterocycles. The Kier molecular flexibility index (Phi) is 3.52. The summed E-state index contributed by atoms with van der Waals surface area (Å²) in [5, 5.41) is 4.86. The number of nitrogens with zero attached hydrogens (tertiary/aromatic N) is 2. The average molecular weight is 293 g/mol. The smallest absolute Gasteiger partial charge is 0.261 e. The summed E-state index contributed by atoms with van der Waals surface area (Å²) < 4.78 is 11.1. The van der Waals surface area contributed by atoms with Crippen LogP contribution < -0.4 is 5.73 Å². The highest BCUT2D eigenvalue weighted by molar-refractivity contribution is 7.16. The van der Waals surface area contributed by atoms with Crippen LogP contribution in [0.4, 0.5) is 5.00 Å². The van der Waals surface area contributed by atoms with Crippen molar-refractivity contribution < 1.29 is 9.26 Å². The number of aromatic nitrogens is 2. The number of ether oxygens (including phenoxy) is 1. The van der Waals surface area contributed by atoms with E-state index in [0.29, 0.717) is 16.7 Å². The molecule has 2 aromatic rings. The van der Waals surface area contributed by atoms with E-state index in [4.69, 9.17) is 15.0 Å². The molecule has 0 bridgehead atoms. The predicted molar refractivity (Wildman–Crippen MR) is 78.5 cm³/mol. The van der Waals surface area contributed by atoms with Crippen molar-refractivity contribution in [2.75, 3.05) is 12.8 Å². The summed E-state index contributed by atoms with van der Waals surface area (Å²) in [7, 11) is 1.73. The number of hydrogen-bond acceptors (Lipinski definition) is 6. The Balaban J connectivity index is 1.95. The van der Waals surface area contributed by atoms with Gasteiger partial charge >= 0.3 is 0 Å². The molecular weight excluding hydrogens is 274 g/mol. The molecule has 108 valence electrons. The first kappa shape index (κ1) is 13.6. The second-order valence-corrected chi connectivity index (χ2v) is 6.61. The van der Waals surface area contributed by atoms with Gasteiger partial charge in [0.2, 0.25) is 5.82 Å². The first-order valence-corrected chi connectivity index (χ1v) is 7.72. The van der Waals surface area contributed by atoms with Gasteiger partial charge in [-0.1, -0.05) is 24.4 Å². The monoisotopic (exact) mass is 293 g/mol. The summed E-state index contributed by atoms with van der Waals surface area (Å²) in [5.41, 5.74) is 6.42. The molecule has 2 N–H and O–H groups in total. The summed E-state index contributed by atoms with van der Waals surface area (Å²) >= 11 is 1.53. The van der Waals surface area contributed by atoms with Gasteiger partial charge in [-0.05, 0) is 25.8 Å². The molecule has 0 aromatic carbocycles. The average Bonchev–Trinajstić information content (AvgIpc) is 3.06. The van der Waals surface area contributed by atoms with Gasteiger partial charge in [0.15, 0.2) is 0 Å². The molecule has 1 saturated carbocycles. The van der Waals surface area contributed by atoms with Crippen molar-refractivity contribution in [3.63, 3.8) is 0 Å². The molecule has 1 fully saturated rings. The van der Waals surface area contributed by atoms with Gasteiger partial charge in [0.05, 0.1) is 10.6 Å². The van der Waals surface area contributed by atoms with Crippen molar-refractivity contribution in [1.29, 1.82) is 0 Å². The van der Waals surface area contributed by atoms with Crippen LogP contribution in [0, 0.1) is 6.92 Å². The van der Waals surface area contributed by atoms with Gasteiger partial charge in [0.1, 0.15) is 5.60 Å². The lowest BCUT2D eigenvalue weighted by molar-refractivity contribution is -0.0527. The first-order chi connectivity index (χ1) is 9.64. The Morgan fingerprint density at radius 2 is 2.10 bits per heavy atom. The molecule has 0 spiro atoms. The summed E-state index contributed by atoms with van der Waals surface area (Å²) in [6.45, 7) is 2.01. The zero-order chi connectivity index (χ0) is 14.2. The standard InChI is InChI=1S/C14H19N3O2S/c1-9-8-10(11(15)20-9)12-16-13(17-19-12)14(18-2)6-4-3-5-7-14/h8H,3-7,15H2,1-2H3. The quantitative estimate of drug-likeness (QED) is 0.937. The van der Waals surface area contributed by atoms with Crippen LogP contribution >= 0.6 is 11.3 Å². The maximum Gasteiger partial charge on any atom is 0.261 e. The number of thiophene rings is 1. The van der Waals surface area contributed by atoms with Gasteiger partial charge in [0.25, 0.3) is 5.89 Å². The molecule has 2 heterocycles. The second-order valence-electron chi connectivity index (χ2n) is 5.32. The van der Waals surface area contributed by atoms with E-state index in [1.165, 1.54) is 17.8 Å². The van der Waals surface area contributed by atoms with Gasteiger partial charge in [-0.15, -0.1) is 11.3 Å². The van der Waals surface area contributed by atoms with E-state index >= 15 is 0 Å². The molecule has 2 aromatic heterocycles. The summed E-state index contributed by atoms with van der Waals surface area (Å²) in [4.78, 5) is 5.68. The van der Waals surface area contributed by atoms with Gasteiger partial charge < -0.3 is 15.0 Å². The van der Waals surface area contributed by atoms with Crippen LogP contribution in [0.3, 0.4) is 0 Å². The Bertz CT molecular complexity index is 599. The molecule has 0 unspecified atom stereocenters. The van der Waals surface area contributed by atoms with Gasteiger partial charge in [0, 0.05) is 12.0 Å². The maximum absolute atomic E-state index is 5.99. The van der Waals surface area contributed by atoms with Crippen LogP contribution in [-0.4, -0.2) is 17.3 Å². The fourth-order valence-corrected chi connectivity index (χ4v) is 3.64. The predicted octanol–water partition coefficient (Wildman–Crippen LogP) is 3.49. The molecular formula is C14H19N3O2S. The molecule has 1 aliphatic carbocycles. The van der Waals surface area contributed by atoms with E-state index in [0.717, 1.165) is 36.1 Å². The first-order valence-electron chi connectivity index (χ1n) is 6.90. The third-order valence-electron chi connectivity index (χ3n) is 4.00. The summed E-state index contributed by atoms with van der Waals surface area (Å²) in [6, 6.07) is 1.98. The third kappa shape index (κ3) is 2.23. The lowest BCUT2D eigenvalue weighted by Gasteiger charge is -2.32. The molecule has 0 aliphatic heterocycles. The molecule has 0 radical (unpaired) electrons. The van der Waals surface area contributed by atoms with Gasteiger partial charge in [-0.25, -0.2) is 0 Å². The summed E-state index contributed by atoms with van der Waals surface area (Å²) in [5.74, 6) is 1.14. The Hall–Kier alpha value is -1.40. The Morgan fingerprint density at radius 3 is 2.70 bits per heavy atom. The van der Waals surface area contributed by atoms with Gasteiger partial charge in [-0.3, -0.25) is 0 Å². The third-order valence-corrected chi connectivity index (χ3v) is 4.88. The minimum Gasteiger partial charge on any atom is -0.390 e. The zero-order valence-corrected chi connectivity index (χ0v) is 12.6. The van der Waals surface area contributed by atoms with Crippen molar-refractivity contribution in [3.05, 3.63) is 16.8 Å². The van der Waals surface area contributed by atoms with E-state index in [1.807, 2.05) is 13.0 Å². The van der Waals surface area contributed by atoms with E-state index < -0.39 is 0 Å². The normalized spacial score (nSPS) is 18.3. The number of methoxy groups -OCH3 is 1. The van der Waals surface area contributed by atoms with E-state index in [9.17, 15) is 0 Å². The summed E-state index contributed by atoms with van der Waals surface area (Å²) in [6.07, 6.45) is 5.41. The van der Waals surface area contributed by atoms with E-state index in [1.54, 1.807) is 7.11 Å². The molecule has 1 aliphatic rings. The van der Waals surface area contributed by atoms with Crippen molar-refractivity contribution in [2.24, 2.45) is 0 Å². The van der Waals surface area contributed by atoms with E-state index in [2.05, 4.69) is 10.1 Å². The molecule has 0 amide bonds. The number of aryl methyl sites for hydroxylation is 1. The Morgan fingerprint density at radius 1 is 1.35 bits per heavy atom. The van der Waals surface area contributed by atoms with Crippen LogP contribution in [0.1, 0.15) is 42.8 Å². The molecule has 20 heavy (non-hydrogen) atoms. The van der Waals surface area contributed by atoms with Crippen LogP contribution in [0.15, 0.2) is 10.6 Å². The Labute approximate surface area is 122 Å². The van der Waals surface area contributed by atoms with Crippen molar-refractivity contribution in [2.45, 2.75) is 44.6 Å². The number of nitrogens with two attached hydrogens (primary N) is 1. The topological polar surface area (TPSA) is 74.2 Å².